The van der Waals surface area contributed by atoms with Crippen LogP contribution >= 0.6 is 15.9 Å². The van der Waals surface area contributed by atoms with Gasteiger partial charge in [-0.05, 0) is 50.4 Å². The van der Waals surface area contributed by atoms with Crippen molar-refractivity contribution in [1.82, 2.24) is 5.32 Å². The van der Waals surface area contributed by atoms with E-state index in [1.807, 2.05) is 0 Å². The summed E-state index contributed by atoms with van der Waals surface area (Å²) in [5.41, 5.74) is 2.53. The molecule has 0 fully saturated rings. The van der Waals surface area contributed by atoms with Gasteiger partial charge in [-0.15, -0.1) is 0 Å². The summed E-state index contributed by atoms with van der Waals surface area (Å²) < 4.78 is 7.02. The topological polar surface area (TPSA) is 21.3 Å². The lowest BCUT2D eigenvalue weighted by molar-refractivity contribution is 0.313. The van der Waals surface area contributed by atoms with Crippen LogP contribution in [0, 0.1) is 6.92 Å². The summed E-state index contributed by atoms with van der Waals surface area (Å²) in [7, 11) is 0. The Morgan fingerprint density at radius 1 is 1.47 bits per heavy atom. The van der Waals surface area contributed by atoms with Gasteiger partial charge in [0.25, 0.3) is 0 Å². The summed E-state index contributed by atoms with van der Waals surface area (Å²) in [6.07, 6.45) is 3.44. The van der Waals surface area contributed by atoms with Crippen LogP contribution in [0.15, 0.2) is 16.6 Å². The largest absolute Gasteiger partial charge is 0.493 e. The molecule has 1 unspecified atom stereocenters. The third kappa shape index (κ3) is 3.02. The molecule has 0 bridgehead atoms. The minimum absolute atomic E-state index is 0.434. The van der Waals surface area contributed by atoms with Gasteiger partial charge in [-0.25, -0.2) is 0 Å². The summed E-state index contributed by atoms with van der Waals surface area (Å²) in [4.78, 5) is 0. The van der Waals surface area contributed by atoms with E-state index < -0.39 is 0 Å². The number of hydrogen-bond acceptors (Lipinski definition) is 2. The van der Waals surface area contributed by atoms with Crippen LogP contribution < -0.4 is 10.1 Å². The van der Waals surface area contributed by atoms with Crippen LogP contribution in [0.5, 0.6) is 5.75 Å². The molecule has 0 saturated carbocycles. The van der Waals surface area contributed by atoms with Crippen LogP contribution in [-0.2, 0) is 0 Å². The molecule has 0 aromatic heterocycles. The molecule has 3 heteroatoms. The number of ether oxygens (including phenoxy) is 1. The first-order chi connectivity index (χ1) is 8.22. The monoisotopic (exact) mass is 297 g/mol. The van der Waals surface area contributed by atoms with E-state index in [0.717, 1.165) is 36.2 Å². The molecule has 2 rings (SSSR count). The normalized spacial score (nSPS) is 19.4. The van der Waals surface area contributed by atoms with E-state index in [0.29, 0.717) is 6.04 Å². The highest BCUT2D eigenvalue weighted by Crippen LogP contribution is 2.36. The zero-order valence-electron chi connectivity index (χ0n) is 10.6. The fourth-order valence-corrected chi connectivity index (χ4v) is 2.95. The molecule has 0 aliphatic carbocycles. The second-order valence-electron chi connectivity index (χ2n) is 4.64. The van der Waals surface area contributed by atoms with Crippen molar-refractivity contribution in [3.05, 3.63) is 27.7 Å². The van der Waals surface area contributed by atoms with Gasteiger partial charge in [-0.3, -0.25) is 0 Å². The van der Waals surface area contributed by atoms with Crippen molar-refractivity contribution in [3.8, 4) is 5.75 Å². The number of aryl methyl sites for hydroxylation is 1. The van der Waals surface area contributed by atoms with Gasteiger partial charge in [0.2, 0.25) is 0 Å². The quantitative estimate of drug-likeness (QED) is 0.911. The third-order valence-corrected chi connectivity index (χ3v) is 3.63. The van der Waals surface area contributed by atoms with Gasteiger partial charge in [0.15, 0.2) is 0 Å². The molecule has 1 N–H and O–H groups in total. The Hall–Kier alpha value is -0.540. The predicted molar refractivity (Wildman–Crippen MR) is 74.6 cm³/mol. The first-order valence-corrected chi connectivity index (χ1v) is 7.18. The standard InChI is InChI=1S/C14H20BrNO/c1-3-6-16-13-5-4-7-17-14-10(2)8-11(15)9-12(13)14/h8-9,13,16H,3-7H2,1-2H3. The minimum Gasteiger partial charge on any atom is -0.493 e. The predicted octanol–water partition coefficient (Wildman–Crippen LogP) is 3.97. The molecule has 0 amide bonds. The van der Waals surface area contributed by atoms with Crippen LogP contribution in [0.1, 0.15) is 43.4 Å². The highest BCUT2D eigenvalue weighted by atomic mass is 79.9. The van der Waals surface area contributed by atoms with Gasteiger partial charge < -0.3 is 10.1 Å². The molecule has 94 valence electrons. The summed E-state index contributed by atoms with van der Waals surface area (Å²) in [5.74, 6) is 1.08. The Morgan fingerprint density at radius 3 is 3.06 bits per heavy atom. The van der Waals surface area contributed by atoms with E-state index in [1.165, 1.54) is 17.5 Å². The van der Waals surface area contributed by atoms with Gasteiger partial charge in [-0.2, -0.15) is 0 Å². The fourth-order valence-electron chi connectivity index (χ4n) is 2.36. The molecule has 1 heterocycles. The lowest BCUT2D eigenvalue weighted by atomic mass is 10.00. The number of nitrogens with one attached hydrogen (secondary N) is 1. The lowest BCUT2D eigenvalue weighted by Crippen LogP contribution is -2.21. The Morgan fingerprint density at radius 2 is 2.29 bits per heavy atom. The van der Waals surface area contributed by atoms with Crippen molar-refractivity contribution >= 4 is 15.9 Å². The maximum Gasteiger partial charge on any atom is 0.127 e. The van der Waals surface area contributed by atoms with Crippen molar-refractivity contribution in [2.24, 2.45) is 0 Å². The van der Waals surface area contributed by atoms with Crippen LogP contribution in [0.3, 0.4) is 0 Å². The molecule has 1 aromatic rings. The van der Waals surface area contributed by atoms with Crippen molar-refractivity contribution in [1.29, 1.82) is 0 Å². The van der Waals surface area contributed by atoms with Gasteiger partial charge in [0, 0.05) is 16.1 Å². The molecule has 0 radical (unpaired) electrons. The smallest absolute Gasteiger partial charge is 0.127 e. The highest BCUT2D eigenvalue weighted by Gasteiger charge is 2.21. The zero-order valence-corrected chi connectivity index (χ0v) is 12.1. The second-order valence-corrected chi connectivity index (χ2v) is 5.55. The summed E-state index contributed by atoms with van der Waals surface area (Å²) in [6.45, 7) is 6.22. The van der Waals surface area contributed by atoms with Crippen LogP contribution in [-0.4, -0.2) is 13.2 Å². The van der Waals surface area contributed by atoms with Crippen LogP contribution in [0.25, 0.3) is 0 Å². The Kier molecular flexibility index (Phi) is 4.46. The van der Waals surface area contributed by atoms with Crippen molar-refractivity contribution in [2.75, 3.05) is 13.2 Å². The lowest BCUT2D eigenvalue weighted by Gasteiger charge is -2.19. The molecule has 1 atom stereocenters. The second kappa shape index (κ2) is 5.87. The average molecular weight is 298 g/mol. The number of fused-ring (bicyclic) bond motifs is 1. The molecular formula is C14H20BrNO. The van der Waals surface area contributed by atoms with E-state index in [4.69, 9.17) is 4.74 Å². The first kappa shape index (κ1) is 12.9. The van der Waals surface area contributed by atoms with Crippen molar-refractivity contribution in [2.45, 2.75) is 39.2 Å². The molecule has 1 aromatic carbocycles. The van der Waals surface area contributed by atoms with Crippen LogP contribution in [0.2, 0.25) is 0 Å². The number of rotatable bonds is 3. The third-order valence-electron chi connectivity index (χ3n) is 3.17. The Balaban J connectivity index is 2.33. The molecule has 1 aliphatic heterocycles. The molecular weight excluding hydrogens is 278 g/mol. The summed E-state index contributed by atoms with van der Waals surface area (Å²) in [6, 6.07) is 4.76. The van der Waals surface area contributed by atoms with E-state index >= 15 is 0 Å². The maximum atomic E-state index is 5.88. The van der Waals surface area contributed by atoms with E-state index in [2.05, 4.69) is 47.2 Å². The Labute approximate surface area is 112 Å². The van der Waals surface area contributed by atoms with Gasteiger partial charge in [-0.1, -0.05) is 22.9 Å². The van der Waals surface area contributed by atoms with E-state index in [9.17, 15) is 0 Å². The molecule has 17 heavy (non-hydrogen) atoms. The zero-order chi connectivity index (χ0) is 12.3. The first-order valence-electron chi connectivity index (χ1n) is 6.38. The Bertz CT molecular complexity index is 392. The average Bonchev–Trinajstić information content (AvgIpc) is 2.49. The van der Waals surface area contributed by atoms with Crippen molar-refractivity contribution < 1.29 is 4.74 Å². The van der Waals surface area contributed by atoms with Crippen molar-refractivity contribution in [3.63, 3.8) is 0 Å². The SMILES string of the molecule is CCCNC1CCCOc2c(C)cc(Br)cc21. The van der Waals surface area contributed by atoms with Gasteiger partial charge >= 0.3 is 0 Å². The summed E-state index contributed by atoms with van der Waals surface area (Å²) >= 11 is 3.58. The van der Waals surface area contributed by atoms with E-state index in [-0.39, 0.29) is 0 Å². The number of halogens is 1. The molecule has 2 nitrogen and oxygen atoms in total. The summed E-state index contributed by atoms with van der Waals surface area (Å²) in [5, 5.41) is 3.62. The maximum absolute atomic E-state index is 5.88. The molecule has 1 aliphatic rings. The molecule has 0 spiro atoms. The van der Waals surface area contributed by atoms with E-state index in [1.54, 1.807) is 0 Å². The fraction of sp³-hybridized carbons (Fsp3) is 0.571. The minimum atomic E-state index is 0.434. The number of hydrogen-bond donors (Lipinski definition) is 1. The molecule has 0 saturated heterocycles. The van der Waals surface area contributed by atoms with Crippen LogP contribution in [0.4, 0.5) is 0 Å². The van der Waals surface area contributed by atoms with Gasteiger partial charge in [0.05, 0.1) is 6.61 Å². The number of benzene rings is 1. The van der Waals surface area contributed by atoms with Gasteiger partial charge in [0.1, 0.15) is 5.75 Å². The highest BCUT2D eigenvalue weighted by molar-refractivity contribution is 9.10.